The molecule has 2 aromatic rings. The van der Waals surface area contributed by atoms with Gasteiger partial charge in [0.05, 0.1) is 18.5 Å². The zero-order chi connectivity index (χ0) is 16.8. The predicted octanol–water partition coefficient (Wildman–Crippen LogP) is 1.68. The maximum absolute atomic E-state index is 11.2. The molecule has 0 aliphatic rings. The summed E-state index contributed by atoms with van der Waals surface area (Å²) >= 11 is 5.90. The number of rotatable bonds is 5. The highest BCUT2D eigenvalue weighted by molar-refractivity contribution is 6.31. The highest BCUT2D eigenvalue weighted by Gasteiger charge is 2.14. The van der Waals surface area contributed by atoms with Crippen LogP contribution in [-0.2, 0) is 9.47 Å². The van der Waals surface area contributed by atoms with Gasteiger partial charge in [-0.15, -0.1) is 0 Å². The minimum absolute atomic E-state index is 0.0135. The number of halogens is 1. The molecular formula is C13H14ClN3O6. The van der Waals surface area contributed by atoms with Crippen molar-refractivity contribution in [3.8, 4) is 5.88 Å². The van der Waals surface area contributed by atoms with E-state index < -0.39 is 18.2 Å². The Labute approximate surface area is 135 Å². The summed E-state index contributed by atoms with van der Waals surface area (Å²) in [5, 5.41) is 6.70. The summed E-state index contributed by atoms with van der Waals surface area (Å²) in [7, 11) is 1.12. The summed E-state index contributed by atoms with van der Waals surface area (Å²) < 4.78 is 19.5. The van der Waals surface area contributed by atoms with Gasteiger partial charge in [0, 0.05) is 5.02 Å². The van der Waals surface area contributed by atoms with Gasteiger partial charge in [-0.3, -0.25) is 0 Å². The Morgan fingerprint density at radius 2 is 2.17 bits per heavy atom. The molecule has 2 rings (SSSR count). The highest BCUT2D eigenvalue weighted by Crippen LogP contribution is 2.27. The number of benzene rings is 1. The van der Waals surface area contributed by atoms with Gasteiger partial charge >= 0.3 is 12.2 Å². The third-order valence-electron chi connectivity index (χ3n) is 2.65. The summed E-state index contributed by atoms with van der Waals surface area (Å²) in [5.41, 5.74) is 6.27. The van der Waals surface area contributed by atoms with E-state index in [0.29, 0.717) is 16.0 Å². The van der Waals surface area contributed by atoms with Crippen molar-refractivity contribution in [1.29, 1.82) is 0 Å². The first-order chi connectivity index (χ1) is 11.0. The lowest BCUT2D eigenvalue weighted by atomic mass is 10.2. The number of hydrogen-bond acceptors (Lipinski definition) is 8. The smallest absolute Gasteiger partial charge is 0.416 e. The largest absolute Gasteiger partial charge is 0.473 e. The number of aromatic nitrogens is 1. The number of nitrogens with two attached hydrogens (primary N) is 1. The average Bonchev–Trinajstić information content (AvgIpc) is 2.93. The molecule has 0 saturated heterocycles. The normalized spacial score (nSPS) is 11.8. The van der Waals surface area contributed by atoms with Gasteiger partial charge in [-0.25, -0.2) is 14.9 Å². The van der Waals surface area contributed by atoms with Crippen LogP contribution < -0.4 is 15.8 Å². The van der Waals surface area contributed by atoms with Gasteiger partial charge in [0.1, 0.15) is 13.2 Å². The summed E-state index contributed by atoms with van der Waals surface area (Å²) in [5.74, 6) is 0.233. The quantitative estimate of drug-likeness (QED) is 0.839. The Kier molecular flexibility index (Phi) is 5.61. The van der Waals surface area contributed by atoms with Crippen LogP contribution >= 0.6 is 11.6 Å². The summed E-state index contributed by atoms with van der Waals surface area (Å²) in [6.07, 6.45) is -1.89. The van der Waals surface area contributed by atoms with Crippen molar-refractivity contribution in [2.75, 3.05) is 20.3 Å². The number of imide groups is 1. The number of methoxy groups -OCH3 is 1. The zero-order valence-electron chi connectivity index (χ0n) is 12.1. The van der Waals surface area contributed by atoms with Crippen molar-refractivity contribution in [2.45, 2.75) is 6.04 Å². The Bertz CT molecular complexity index is 704. The van der Waals surface area contributed by atoms with E-state index in [2.05, 4.69) is 9.89 Å². The monoisotopic (exact) mass is 343 g/mol. The molecule has 0 radical (unpaired) electrons. The molecule has 3 N–H and O–H groups in total. The van der Waals surface area contributed by atoms with Crippen LogP contribution in [0.2, 0.25) is 5.02 Å². The second-order valence-corrected chi connectivity index (χ2v) is 4.85. The van der Waals surface area contributed by atoms with Crippen molar-refractivity contribution >= 4 is 34.8 Å². The number of hydrogen-bond donors (Lipinski definition) is 2. The first-order valence-corrected chi connectivity index (χ1v) is 6.82. The van der Waals surface area contributed by atoms with Gasteiger partial charge in [0.15, 0.2) is 5.58 Å². The topological polar surface area (TPSA) is 126 Å². The van der Waals surface area contributed by atoms with Gasteiger partial charge in [-0.1, -0.05) is 11.6 Å². The Morgan fingerprint density at radius 3 is 2.91 bits per heavy atom. The van der Waals surface area contributed by atoms with Crippen LogP contribution in [0.1, 0.15) is 0 Å². The van der Waals surface area contributed by atoms with E-state index in [-0.39, 0.29) is 19.1 Å². The molecule has 10 heteroatoms. The van der Waals surface area contributed by atoms with Crippen LogP contribution in [0.5, 0.6) is 5.88 Å². The van der Waals surface area contributed by atoms with Crippen molar-refractivity contribution in [3.05, 3.63) is 23.2 Å². The number of carbonyl (C=O) groups excluding carboxylic acids is 2. The van der Waals surface area contributed by atoms with Gasteiger partial charge < -0.3 is 24.5 Å². The lowest BCUT2D eigenvalue weighted by Crippen LogP contribution is -2.37. The first-order valence-electron chi connectivity index (χ1n) is 6.44. The SMILES string of the molecule is COC(=O)NC(=O)OCC(N)COc1noc2ccc(Cl)cc12. The van der Waals surface area contributed by atoms with Crippen molar-refractivity contribution in [2.24, 2.45) is 5.73 Å². The molecule has 0 fully saturated rings. The molecule has 0 saturated carbocycles. The van der Waals surface area contributed by atoms with E-state index >= 15 is 0 Å². The third kappa shape index (κ3) is 4.73. The van der Waals surface area contributed by atoms with Gasteiger partial charge in [0.25, 0.3) is 5.88 Å². The Morgan fingerprint density at radius 1 is 1.39 bits per heavy atom. The molecule has 1 unspecified atom stereocenters. The number of alkyl carbamates (subject to hydrolysis) is 2. The molecular weight excluding hydrogens is 330 g/mol. The van der Waals surface area contributed by atoms with E-state index in [1.165, 1.54) is 0 Å². The molecule has 1 atom stereocenters. The van der Waals surface area contributed by atoms with Gasteiger partial charge in [0.2, 0.25) is 0 Å². The van der Waals surface area contributed by atoms with E-state index in [9.17, 15) is 9.59 Å². The van der Waals surface area contributed by atoms with Gasteiger partial charge in [-0.05, 0) is 23.4 Å². The van der Waals surface area contributed by atoms with Crippen LogP contribution in [0.15, 0.2) is 22.7 Å². The maximum atomic E-state index is 11.2. The number of nitrogens with zero attached hydrogens (tertiary/aromatic N) is 1. The van der Waals surface area contributed by atoms with Crippen LogP contribution in [0.4, 0.5) is 9.59 Å². The third-order valence-corrected chi connectivity index (χ3v) is 2.89. The van der Waals surface area contributed by atoms with Crippen LogP contribution in [0, 0.1) is 0 Å². The molecule has 1 aromatic heterocycles. The lowest BCUT2D eigenvalue weighted by Gasteiger charge is -2.12. The van der Waals surface area contributed by atoms with Crippen molar-refractivity contribution in [3.63, 3.8) is 0 Å². The Balaban J connectivity index is 1.81. The molecule has 1 heterocycles. The van der Waals surface area contributed by atoms with E-state index in [1.54, 1.807) is 18.2 Å². The van der Waals surface area contributed by atoms with Crippen LogP contribution in [0.3, 0.4) is 0 Å². The first kappa shape index (κ1) is 16.8. The van der Waals surface area contributed by atoms with Crippen molar-refractivity contribution in [1.82, 2.24) is 10.5 Å². The molecule has 23 heavy (non-hydrogen) atoms. The standard InChI is InChI=1S/C13H14ClN3O6/c1-20-12(18)16-13(19)22-6-8(15)5-21-11-9-4-7(14)2-3-10(9)23-17-11/h2-4,8H,5-6,15H2,1H3,(H,16,18,19). The molecule has 0 spiro atoms. The number of amides is 2. The Hall–Kier alpha value is -2.52. The van der Waals surface area contributed by atoms with Crippen molar-refractivity contribution < 1.29 is 28.3 Å². The predicted molar refractivity (Wildman–Crippen MR) is 79.4 cm³/mol. The molecule has 9 nitrogen and oxygen atoms in total. The summed E-state index contributed by atoms with van der Waals surface area (Å²) in [6.45, 7) is -0.154. The van der Waals surface area contributed by atoms with E-state index in [0.717, 1.165) is 7.11 Å². The molecule has 0 bridgehead atoms. The fraction of sp³-hybridized carbons (Fsp3) is 0.308. The number of ether oxygens (including phenoxy) is 3. The maximum Gasteiger partial charge on any atom is 0.416 e. The van der Waals surface area contributed by atoms with E-state index in [1.807, 2.05) is 5.32 Å². The number of fused-ring (bicyclic) bond motifs is 1. The fourth-order valence-corrected chi connectivity index (χ4v) is 1.75. The molecule has 0 aliphatic carbocycles. The number of carbonyl (C=O) groups is 2. The molecule has 2 amide bonds. The second-order valence-electron chi connectivity index (χ2n) is 4.41. The molecule has 1 aromatic carbocycles. The minimum Gasteiger partial charge on any atom is -0.473 e. The lowest BCUT2D eigenvalue weighted by molar-refractivity contribution is 0.120. The molecule has 0 aliphatic heterocycles. The van der Waals surface area contributed by atoms with Crippen LogP contribution in [-0.4, -0.2) is 43.7 Å². The minimum atomic E-state index is -0.967. The average molecular weight is 344 g/mol. The molecule has 124 valence electrons. The van der Waals surface area contributed by atoms with Gasteiger partial charge in [-0.2, -0.15) is 0 Å². The zero-order valence-corrected chi connectivity index (χ0v) is 12.8. The summed E-state index contributed by atoms with van der Waals surface area (Å²) in [4.78, 5) is 22.0. The van der Waals surface area contributed by atoms with Crippen LogP contribution in [0.25, 0.3) is 11.0 Å². The number of nitrogens with one attached hydrogen (secondary N) is 1. The summed E-state index contributed by atoms with van der Waals surface area (Å²) in [6, 6.07) is 4.34. The highest BCUT2D eigenvalue weighted by atomic mass is 35.5. The second kappa shape index (κ2) is 7.65. The van der Waals surface area contributed by atoms with E-state index in [4.69, 9.17) is 31.3 Å². The fourth-order valence-electron chi connectivity index (χ4n) is 1.58.